The van der Waals surface area contributed by atoms with Gasteiger partial charge < -0.3 is 10.1 Å². The lowest BCUT2D eigenvalue weighted by atomic mass is 9.95. The number of halogens is 3. The van der Waals surface area contributed by atoms with E-state index in [1.54, 1.807) is 18.3 Å². The number of pyridine rings is 1. The summed E-state index contributed by atoms with van der Waals surface area (Å²) in [6, 6.07) is 10.3. The van der Waals surface area contributed by atoms with E-state index in [0.717, 1.165) is 5.56 Å². The molecule has 1 aromatic carbocycles. The molecule has 0 aliphatic heterocycles. The molecule has 0 saturated heterocycles. The molecule has 0 amide bonds. The Hall–Kier alpha value is -2.08. The fourth-order valence-corrected chi connectivity index (χ4v) is 3.24. The van der Waals surface area contributed by atoms with Crippen molar-refractivity contribution in [1.82, 2.24) is 10.3 Å². The van der Waals surface area contributed by atoms with Crippen molar-refractivity contribution in [3.05, 3.63) is 48.2 Å². The summed E-state index contributed by atoms with van der Waals surface area (Å²) < 4.78 is 41.3. The molecular formula is C19H21F3N2O. The topological polar surface area (TPSA) is 34.1 Å². The maximum atomic E-state index is 12.4. The first-order valence-electron chi connectivity index (χ1n) is 8.55. The molecule has 1 aliphatic carbocycles. The van der Waals surface area contributed by atoms with Crippen molar-refractivity contribution in [2.75, 3.05) is 0 Å². The van der Waals surface area contributed by atoms with E-state index >= 15 is 0 Å². The second-order valence-electron chi connectivity index (χ2n) is 6.30. The largest absolute Gasteiger partial charge is 0.573 e. The minimum Gasteiger partial charge on any atom is -0.406 e. The van der Waals surface area contributed by atoms with E-state index in [0.29, 0.717) is 23.8 Å². The summed E-state index contributed by atoms with van der Waals surface area (Å²) in [4.78, 5) is 4.37. The third-order valence-electron chi connectivity index (χ3n) is 4.42. The van der Waals surface area contributed by atoms with Gasteiger partial charge in [-0.2, -0.15) is 0 Å². The Morgan fingerprint density at radius 3 is 2.64 bits per heavy atom. The highest BCUT2D eigenvalue weighted by atomic mass is 19.4. The molecule has 1 saturated carbocycles. The Morgan fingerprint density at radius 2 is 1.88 bits per heavy atom. The molecule has 3 nitrogen and oxygen atoms in total. The van der Waals surface area contributed by atoms with Gasteiger partial charge in [0.1, 0.15) is 5.75 Å². The molecule has 1 fully saturated rings. The lowest BCUT2D eigenvalue weighted by Gasteiger charge is -2.23. The average molecular weight is 350 g/mol. The number of hydrogen-bond donors (Lipinski definition) is 1. The molecule has 0 unspecified atom stereocenters. The molecule has 134 valence electrons. The normalized spacial score (nSPS) is 16.0. The minimum absolute atomic E-state index is 0.234. The molecule has 0 radical (unpaired) electrons. The summed E-state index contributed by atoms with van der Waals surface area (Å²) in [6.45, 7) is 0.651. The van der Waals surface area contributed by atoms with Crippen LogP contribution in [0.5, 0.6) is 5.75 Å². The predicted octanol–water partition coefficient (Wildman–Crippen LogP) is 5.07. The molecule has 1 heterocycles. The van der Waals surface area contributed by atoms with Gasteiger partial charge in [-0.15, -0.1) is 13.2 Å². The van der Waals surface area contributed by atoms with Gasteiger partial charge >= 0.3 is 6.36 Å². The van der Waals surface area contributed by atoms with Crippen molar-refractivity contribution in [2.24, 2.45) is 0 Å². The second kappa shape index (κ2) is 7.87. The van der Waals surface area contributed by atoms with Crippen molar-refractivity contribution >= 4 is 0 Å². The maximum Gasteiger partial charge on any atom is 0.573 e. The highest BCUT2D eigenvalue weighted by Gasteiger charge is 2.31. The van der Waals surface area contributed by atoms with Crippen molar-refractivity contribution in [3.63, 3.8) is 0 Å². The van der Waals surface area contributed by atoms with Crippen LogP contribution in [0.25, 0.3) is 11.3 Å². The van der Waals surface area contributed by atoms with E-state index in [2.05, 4.69) is 15.0 Å². The zero-order valence-electron chi connectivity index (χ0n) is 13.9. The minimum atomic E-state index is -4.70. The van der Waals surface area contributed by atoms with Crippen LogP contribution in [0.15, 0.2) is 42.6 Å². The van der Waals surface area contributed by atoms with Crippen molar-refractivity contribution in [2.45, 2.75) is 51.1 Å². The Labute approximate surface area is 145 Å². The number of ether oxygens (including phenoxy) is 1. The Bertz CT molecular complexity index is 697. The van der Waals surface area contributed by atoms with Crippen molar-refractivity contribution in [3.8, 4) is 17.0 Å². The fraction of sp³-hybridized carbons (Fsp3) is 0.421. The molecule has 0 bridgehead atoms. The van der Waals surface area contributed by atoms with E-state index in [1.165, 1.54) is 44.2 Å². The van der Waals surface area contributed by atoms with Gasteiger partial charge in [0.2, 0.25) is 0 Å². The molecule has 3 rings (SSSR count). The number of alkyl halides is 3. The van der Waals surface area contributed by atoms with E-state index in [1.807, 2.05) is 12.1 Å². The first-order valence-corrected chi connectivity index (χ1v) is 8.55. The number of hydrogen-bond acceptors (Lipinski definition) is 3. The first kappa shape index (κ1) is 17.7. The fourth-order valence-electron chi connectivity index (χ4n) is 3.24. The van der Waals surface area contributed by atoms with Gasteiger partial charge in [0.15, 0.2) is 0 Å². The SMILES string of the molecule is FC(F)(F)Oc1cccc(-c2ncccc2CNC2CCCCC2)c1. The second-order valence-corrected chi connectivity index (χ2v) is 6.30. The Morgan fingerprint density at radius 1 is 1.08 bits per heavy atom. The van der Waals surface area contributed by atoms with Crippen LogP contribution in [0.4, 0.5) is 13.2 Å². The lowest BCUT2D eigenvalue weighted by molar-refractivity contribution is -0.274. The zero-order valence-corrected chi connectivity index (χ0v) is 13.9. The van der Waals surface area contributed by atoms with Gasteiger partial charge in [0.25, 0.3) is 0 Å². The van der Waals surface area contributed by atoms with Gasteiger partial charge in [0, 0.05) is 24.3 Å². The molecule has 25 heavy (non-hydrogen) atoms. The average Bonchev–Trinajstić information content (AvgIpc) is 2.60. The van der Waals surface area contributed by atoms with Gasteiger partial charge in [-0.3, -0.25) is 4.98 Å². The van der Waals surface area contributed by atoms with Gasteiger partial charge in [-0.25, -0.2) is 0 Å². The number of rotatable bonds is 5. The number of nitrogens with zero attached hydrogens (tertiary/aromatic N) is 1. The summed E-state index contributed by atoms with van der Waals surface area (Å²) in [5.74, 6) is -0.234. The summed E-state index contributed by atoms with van der Waals surface area (Å²) >= 11 is 0. The third kappa shape index (κ3) is 5.19. The molecule has 6 heteroatoms. The van der Waals surface area contributed by atoms with Crippen molar-refractivity contribution < 1.29 is 17.9 Å². The van der Waals surface area contributed by atoms with Gasteiger partial charge in [-0.1, -0.05) is 37.5 Å². The van der Waals surface area contributed by atoms with Crippen LogP contribution in [0.2, 0.25) is 0 Å². The summed E-state index contributed by atoms with van der Waals surface area (Å²) in [7, 11) is 0. The smallest absolute Gasteiger partial charge is 0.406 e. The molecule has 1 N–H and O–H groups in total. The highest BCUT2D eigenvalue weighted by molar-refractivity contribution is 5.64. The standard InChI is InChI=1S/C19H21F3N2O/c20-19(21,22)25-17-10-4-6-14(12-17)18-15(7-5-11-23-18)13-24-16-8-2-1-3-9-16/h4-7,10-12,16,24H,1-3,8-9,13H2. The van der Waals surface area contributed by atoms with Crippen molar-refractivity contribution in [1.29, 1.82) is 0 Å². The molecule has 0 spiro atoms. The number of benzene rings is 1. The quantitative estimate of drug-likeness (QED) is 0.817. The molecular weight excluding hydrogens is 329 g/mol. The van der Waals surface area contributed by atoms with Crippen LogP contribution < -0.4 is 10.1 Å². The molecule has 1 aliphatic rings. The monoisotopic (exact) mass is 350 g/mol. The van der Waals surface area contributed by atoms with Crippen LogP contribution in [0.1, 0.15) is 37.7 Å². The van der Waals surface area contributed by atoms with Gasteiger partial charge in [-0.05, 0) is 36.6 Å². The van der Waals surface area contributed by atoms with Crippen LogP contribution in [-0.2, 0) is 6.54 Å². The molecule has 0 atom stereocenters. The van der Waals surface area contributed by atoms with E-state index in [4.69, 9.17) is 0 Å². The van der Waals surface area contributed by atoms with E-state index < -0.39 is 6.36 Å². The van der Waals surface area contributed by atoms with Gasteiger partial charge in [0.05, 0.1) is 5.69 Å². The van der Waals surface area contributed by atoms with Crippen LogP contribution in [0, 0.1) is 0 Å². The van der Waals surface area contributed by atoms with Crippen LogP contribution in [-0.4, -0.2) is 17.4 Å². The van der Waals surface area contributed by atoms with E-state index in [-0.39, 0.29) is 5.75 Å². The molecule has 2 aromatic rings. The number of aromatic nitrogens is 1. The zero-order chi connectivity index (χ0) is 17.7. The Kier molecular flexibility index (Phi) is 5.58. The lowest BCUT2D eigenvalue weighted by Crippen LogP contribution is -2.30. The summed E-state index contributed by atoms with van der Waals surface area (Å²) in [5, 5.41) is 3.55. The first-order chi connectivity index (χ1) is 12.0. The third-order valence-corrected chi connectivity index (χ3v) is 4.42. The Balaban J connectivity index is 1.77. The van der Waals surface area contributed by atoms with Crippen LogP contribution >= 0.6 is 0 Å². The predicted molar refractivity (Wildman–Crippen MR) is 90.1 cm³/mol. The maximum absolute atomic E-state index is 12.4. The van der Waals surface area contributed by atoms with Crippen LogP contribution in [0.3, 0.4) is 0 Å². The summed E-state index contributed by atoms with van der Waals surface area (Å²) in [6.07, 6.45) is 3.07. The summed E-state index contributed by atoms with van der Waals surface area (Å²) in [5.41, 5.74) is 2.26. The molecule has 1 aromatic heterocycles. The van der Waals surface area contributed by atoms with E-state index in [9.17, 15) is 13.2 Å². The highest BCUT2D eigenvalue weighted by Crippen LogP contribution is 2.29. The number of nitrogens with one attached hydrogen (secondary N) is 1.